The van der Waals surface area contributed by atoms with E-state index < -0.39 is 23.2 Å². The minimum atomic E-state index is -2.49. The van der Waals surface area contributed by atoms with Crippen molar-refractivity contribution in [3.05, 3.63) is 65.5 Å². The van der Waals surface area contributed by atoms with Gasteiger partial charge in [0, 0.05) is 29.1 Å². The second-order valence-corrected chi connectivity index (χ2v) is 4.73. The molecule has 3 rings (SSSR count). The standard InChI is InChI=1S/C15H11N3O4/c19-12-10-3-1-2-4-11(10)13(20)15(12,22)18-17-14(21)9-5-7-16-8-6-9/h1-8,18,22H,(H,17,21). The first-order valence-electron chi connectivity index (χ1n) is 6.42. The van der Waals surface area contributed by atoms with Crippen molar-refractivity contribution in [2.45, 2.75) is 5.72 Å². The second-order valence-electron chi connectivity index (χ2n) is 4.73. The molecule has 7 nitrogen and oxygen atoms in total. The van der Waals surface area contributed by atoms with Gasteiger partial charge in [-0.05, 0) is 12.1 Å². The van der Waals surface area contributed by atoms with Crippen LogP contribution in [0.2, 0.25) is 0 Å². The summed E-state index contributed by atoms with van der Waals surface area (Å²) in [4.78, 5) is 40.0. The molecule has 2 aromatic rings. The number of nitrogens with one attached hydrogen (secondary N) is 2. The van der Waals surface area contributed by atoms with E-state index in [9.17, 15) is 19.5 Å². The lowest BCUT2D eigenvalue weighted by molar-refractivity contribution is 0.0138. The van der Waals surface area contributed by atoms with Crippen LogP contribution in [-0.2, 0) is 0 Å². The number of fused-ring (bicyclic) bond motifs is 1. The molecule has 22 heavy (non-hydrogen) atoms. The molecule has 3 N–H and O–H groups in total. The predicted molar refractivity (Wildman–Crippen MR) is 74.9 cm³/mol. The minimum Gasteiger partial charge on any atom is -0.361 e. The molecule has 0 spiro atoms. The number of carbonyl (C=O) groups excluding carboxylic acids is 3. The number of hydrogen-bond donors (Lipinski definition) is 3. The molecule has 110 valence electrons. The Morgan fingerprint density at radius 2 is 1.55 bits per heavy atom. The molecule has 0 saturated heterocycles. The molecule has 1 amide bonds. The highest BCUT2D eigenvalue weighted by molar-refractivity contribution is 6.31. The molecule has 7 heteroatoms. The second kappa shape index (κ2) is 5.14. The molecule has 0 atom stereocenters. The number of hydrogen-bond acceptors (Lipinski definition) is 6. The maximum Gasteiger partial charge on any atom is 0.265 e. The lowest BCUT2D eigenvalue weighted by Gasteiger charge is -2.20. The summed E-state index contributed by atoms with van der Waals surface area (Å²) < 4.78 is 0. The van der Waals surface area contributed by atoms with Crippen LogP contribution in [0, 0.1) is 0 Å². The molecule has 0 unspecified atom stereocenters. The number of benzene rings is 1. The monoisotopic (exact) mass is 297 g/mol. The van der Waals surface area contributed by atoms with Gasteiger partial charge in [0.05, 0.1) is 0 Å². The molecule has 0 fully saturated rings. The maximum absolute atomic E-state index is 12.2. The SMILES string of the molecule is O=C(NNC1(O)C(=O)c2ccccc2C1=O)c1ccncc1. The zero-order valence-corrected chi connectivity index (χ0v) is 11.2. The van der Waals surface area contributed by atoms with Crippen molar-refractivity contribution in [1.29, 1.82) is 0 Å². The number of nitrogens with zero attached hydrogens (tertiary/aromatic N) is 1. The first kappa shape index (κ1) is 14.1. The Morgan fingerprint density at radius 1 is 1.00 bits per heavy atom. The Labute approximate surface area is 125 Å². The van der Waals surface area contributed by atoms with Crippen LogP contribution in [0.1, 0.15) is 31.1 Å². The lowest BCUT2D eigenvalue weighted by atomic mass is 10.1. The van der Waals surface area contributed by atoms with E-state index in [2.05, 4.69) is 15.8 Å². The van der Waals surface area contributed by atoms with Crippen LogP contribution in [0.5, 0.6) is 0 Å². The van der Waals surface area contributed by atoms with Gasteiger partial charge >= 0.3 is 0 Å². The largest absolute Gasteiger partial charge is 0.361 e. The third kappa shape index (κ3) is 2.09. The zero-order valence-electron chi connectivity index (χ0n) is 11.2. The topological polar surface area (TPSA) is 108 Å². The van der Waals surface area contributed by atoms with Gasteiger partial charge in [-0.3, -0.25) is 24.8 Å². The fourth-order valence-electron chi connectivity index (χ4n) is 2.21. The van der Waals surface area contributed by atoms with E-state index in [1.165, 1.54) is 36.7 Å². The summed E-state index contributed by atoms with van der Waals surface area (Å²) in [6.07, 6.45) is 2.84. The van der Waals surface area contributed by atoms with Gasteiger partial charge in [0.1, 0.15) is 0 Å². The van der Waals surface area contributed by atoms with Crippen molar-refractivity contribution in [3.8, 4) is 0 Å². The molecule has 0 saturated carbocycles. The molecule has 1 aromatic heterocycles. The van der Waals surface area contributed by atoms with E-state index in [-0.39, 0.29) is 16.7 Å². The van der Waals surface area contributed by atoms with E-state index in [1.807, 2.05) is 0 Å². The molecule has 1 aliphatic carbocycles. The van der Waals surface area contributed by atoms with Crippen LogP contribution in [0.15, 0.2) is 48.8 Å². The number of aromatic nitrogens is 1. The van der Waals surface area contributed by atoms with Gasteiger partial charge in [-0.25, -0.2) is 0 Å². The van der Waals surface area contributed by atoms with E-state index in [1.54, 1.807) is 12.1 Å². The summed E-state index contributed by atoms with van der Waals surface area (Å²) >= 11 is 0. The van der Waals surface area contributed by atoms with Crippen molar-refractivity contribution in [1.82, 2.24) is 15.8 Å². The molecular formula is C15H11N3O4. The number of carbonyl (C=O) groups is 3. The average molecular weight is 297 g/mol. The first-order valence-corrected chi connectivity index (χ1v) is 6.42. The molecule has 1 aliphatic rings. The summed E-state index contributed by atoms with van der Waals surface area (Å²) in [7, 11) is 0. The summed E-state index contributed by atoms with van der Waals surface area (Å²) in [6.45, 7) is 0. The van der Waals surface area contributed by atoms with Gasteiger partial charge in [-0.1, -0.05) is 24.3 Å². The Kier molecular flexibility index (Phi) is 3.28. The highest BCUT2D eigenvalue weighted by atomic mass is 16.3. The number of rotatable bonds is 3. The molecular weight excluding hydrogens is 286 g/mol. The van der Waals surface area contributed by atoms with Crippen molar-refractivity contribution in [2.24, 2.45) is 0 Å². The summed E-state index contributed by atoms with van der Waals surface area (Å²) in [5.74, 6) is -2.21. The number of Topliss-reactive ketones (excluding diaryl/α,β-unsaturated/α-hetero) is 2. The van der Waals surface area contributed by atoms with Gasteiger partial charge in [0.2, 0.25) is 11.6 Å². The summed E-state index contributed by atoms with van der Waals surface area (Å²) in [5.41, 5.74) is 2.30. The molecule has 1 heterocycles. The minimum absolute atomic E-state index is 0.112. The number of hydrazine groups is 1. The van der Waals surface area contributed by atoms with Crippen molar-refractivity contribution in [3.63, 3.8) is 0 Å². The average Bonchev–Trinajstić information content (AvgIpc) is 2.76. The number of aliphatic hydroxyl groups is 1. The fraction of sp³-hybridized carbons (Fsp3) is 0.0667. The van der Waals surface area contributed by atoms with E-state index >= 15 is 0 Å². The third-order valence-corrected chi connectivity index (χ3v) is 3.37. The van der Waals surface area contributed by atoms with E-state index in [0.717, 1.165) is 0 Å². The molecule has 0 bridgehead atoms. The van der Waals surface area contributed by atoms with Gasteiger partial charge in [0.25, 0.3) is 11.6 Å². The van der Waals surface area contributed by atoms with Crippen LogP contribution < -0.4 is 10.9 Å². The van der Waals surface area contributed by atoms with Crippen LogP contribution in [-0.4, -0.2) is 33.3 Å². The zero-order chi connectivity index (χ0) is 15.7. The Bertz CT molecular complexity index is 738. The quantitative estimate of drug-likeness (QED) is 0.421. The fourth-order valence-corrected chi connectivity index (χ4v) is 2.21. The highest BCUT2D eigenvalue weighted by Gasteiger charge is 2.52. The predicted octanol–water partition coefficient (Wildman–Crippen LogP) is 0.0838. The van der Waals surface area contributed by atoms with Crippen LogP contribution in [0.3, 0.4) is 0 Å². The molecule has 0 aliphatic heterocycles. The Morgan fingerprint density at radius 3 is 2.09 bits per heavy atom. The number of pyridine rings is 1. The lowest BCUT2D eigenvalue weighted by Crippen LogP contribution is -2.61. The van der Waals surface area contributed by atoms with Crippen molar-refractivity contribution in [2.75, 3.05) is 0 Å². The molecule has 0 radical (unpaired) electrons. The Balaban J connectivity index is 1.80. The van der Waals surface area contributed by atoms with Crippen LogP contribution in [0.4, 0.5) is 0 Å². The number of amides is 1. The van der Waals surface area contributed by atoms with Crippen LogP contribution >= 0.6 is 0 Å². The van der Waals surface area contributed by atoms with Crippen molar-refractivity contribution >= 4 is 17.5 Å². The van der Waals surface area contributed by atoms with E-state index in [0.29, 0.717) is 0 Å². The first-order chi connectivity index (χ1) is 10.5. The third-order valence-electron chi connectivity index (χ3n) is 3.37. The van der Waals surface area contributed by atoms with Crippen LogP contribution in [0.25, 0.3) is 0 Å². The van der Waals surface area contributed by atoms with Gasteiger partial charge in [-0.2, -0.15) is 5.43 Å². The summed E-state index contributed by atoms with van der Waals surface area (Å²) in [5, 5.41) is 10.3. The molecule has 1 aromatic carbocycles. The van der Waals surface area contributed by atoms with Gasteiger partial charge in [0.15, 0.2) is 0 Å². The van der Waals surface area contributed by atoms with Crippen molar-refractivity contribution < 1.29 is 19.5 Å². The maximum atomic E-state index is 12.2. The van der Waals surface area contributed by atoms with Gasteiger partial charge < -0.3 is 5.11 Å². The number of ketones is 2. The summed E-state index contributed by atoms with van der Waals surface area (Å²) in [6, 6.07) is 8.97. The normalized spacial score (nSPS) is 15.5. The smallest absolute Gasteiger partial charge is 0.265 e. The van der Waals surface area contributed by atoms with Gasteiger partial charge in [-0.15, -0.1) is 0 Å². The van der Waals surface area contributed by atoms with E-state index in [4.69, 9.17) is 0 Å². The Hall–Kier alpha value is -2.90. The highest BCUT2D eigenvalue weighted by Crippen LogP contribution is 2.27.